The summed E-state index contributed by atoms with van der Waals surface area (Å²) in [5, 5.41) is 0. The van der Waals surface area contributed by atoms with Crippen molar-refractivity contribution >= 4 is 5.91 Å². The first kappa shape index (κ1) is 7.72. The molecule has 5 heteroatoms. The molecule has 13 heavy (non-hydrogen) atoms. The predicted octanol–water partition coefficient (Wildman–Crippen LogP) is 0.317. The zero-order valence-electron chi connectivity index (χ0n) is 7.03. The van der Waals surface area contributed by atoms with Crippen LogP contribution in [0.4, 0.5) is 0 Å². The van der Waals surface area contributed by atoms with Crippen molar-refractivity contribution in [1.82, 2.24) is 15.0 Å². The Hall–Kier alpha value is -1.91. The zero-order chi connectivity index (χ0) is 9.42. The first-order valence-electron chi connectivity index (χ1n) is 3.79. The summed E-state index contributed by atoms with van der Waals surface area (Å²) in [6.45, 7) is 1.79. The maximum atomic E-state index is 10.8. The van der Waals surface area contributed by atoms with E-state index in [0.717, 1.165) is 11.4 Å². The van der Waals surface area contributed by atoms with Crippen molar-refractivity contribution in [3.63, 3.8) is 0 Å². The first-order valence-corrected chi connectivity index (χ1v) is 3.79. The Bertz CT molecular complexity index is 434. The molecule has 0 aromatic carbocycles. The van der Waals surface area contributed by atoms with Crippen LogP contribution in [0.15, 0.2) is 12.3 Å². The number of hydrogen-bond donors (Lipinski definition) is 2. The summed E-state index contributed by atoms with van der Waals surface area (Å²) >= 11 is 0. The fourth-order valence-electron chi connectivity index (χ4n) is 1.22. The van der Waals surface area contributed by atoms with E-state index in [0.29, 0.717) is 5.69 Å². The van der Waals surface area contributed by atoms with Gasteiger partial charge in [0.25, 0.3) is 5.91 Å². The van der Waals surface area contributed by atoms with E-state index in [1.165, 1.54) is 0 Å². The van der Waals surface area contributed by atoms with Crippen LogP contribution < -0.4 is 5.73 Å². The average molecular weight is 176 g/mol. The Morgan fingerprint density at radius 2 is 2.38 bits per heavy atom. The molecule has 0 aliphatic carbocycles. The van der Waals surface area contributed by atoms with Gasteiger partial charge in [0, 0.05) is 6.20 Å². The van der Waals surface area contributed by atoms with Gasteiger partial charge in [0.05, 0.1) is 11.4 Å². The van der Waals surface area contributed by atoms with Gasteiger partial charge in [0.15, 0.2) is 5.82 Å². The summed E-state index contributed by atoms with van der Waals surface area (Å²) in [6, 6.07) is 1.77. The molecular weight excluding hydrogens is 168 g/mol. The Morgan fingerprint density at radius 1 is 1.62 bits per heavy atom. The number of H-pyrrole nitrogens is 1. The molecule has 0 unspecified atom stereocenters. The minimum absolute atomic E-state index is 0.165. The number of amides is 1. The van der Waals surface area contributed by atoms with Crippen LogP contribution in [-0.2, 0) is 0 Å². The second-order valence-corrected chi connectivity index (χ2v) is 2.74. The average Bonchev–Trinajstić information content (AvgIpc) is 2.51. The van der Waals surface area contributed by atoms with E-state index in [1.54, 1.807) is 19.2 Å². The van der Waals surface area contributed by atoms with Gasteiger partial charge in [0.1, 0.15) is 5.69 Å². The molecular formula is C8H8N4O. The van der Waals surface area contributed by atoms with Crippen LogP contribution in [-0.4, -0.2) is 20.9 Å². The third-order valence-electron chi connectivity index (χ3n) is 1.81. The standard InChI is InChI=1S/C8H8N4O/c1-4-6-5(2-3-10-6)12-8(11-4)7(9)13/h2-3H,1H3,(H2,9,13)(H,11,12). The quantitative estimate of drug-likeness (QED) is 0.656. The number of carbonyl (C=O) groups is 1. The Morgan fingerprint density at radius 3 is 3.08 bits per heavy atom. The van der Waals surface area contributed by atoms with Gasteiger partial charge >= 0.3 is 0 Å². The maximum absolute atomic E-state index is 10.8. The fourth-order valence-corrected chi connectivity index (χ4v) is 1.22. The highest BCUT2D eigenvalue weighted by Gasteiger charge is 2.12. The van der Waals surface area contributed by atoms with Gasteiger partial charge in [-0.25, -0.2) is 4.98 Å². The number of aromatic nitrogens is 3. The van der Waals surface area contributed by atoms with Crippen LogP contribution in [0.5, 0.6) is 0 Å². The number of primary amides is 1. The van der Waals surface area contributed by atoms with Crippen LogP contribution in [0.2, 0.25) is 0 Å². The number of aryl methyl sites for hydroxylation is 1. The van der Waals surface area contributed by atoms with E-state index >= 15 is 0 Å². The molecule has 2 heterocycles. The summed E-state index contributed by atoms with van der Waals surface area (Å²) in [6.07, 6.45) is 1.65. The third kappa shape index (κ3) is 1.14. The smallest absolute Gasteiger partial charge is 0.284 e. The number of nitrogens with two attached hydrogens (primary N) is 1. The fraction of sp³-hybridized carbons (Fsp3) is 0.125. The molecule has 2 rings (SSSR count). The van der Waals surface area contributed by atoms with Gasteiger partial charge in [-0.2, -0.15) is 0 Å². The van der Waals surface area contributed by atoms with Crippen molar-refractivity contribution in [2.24, 2.45) is 5.73 Å². The number of rotatable bonds is 1. The van der Waals surface area contributed by atoms with Crippen LogP contribution in [0.25, 0.3) is 11.4 Å². The summed E-state index contributed by atoms with van der Waals surface area (Å²) < 4.78 is 0. The van der Waals surface area contributed by atoms with Crippen molar-refractivity contribution < 1.29 is 4.79 Å². The third-order valence-corrected chi connectivity index (χ3v) is 1.81. The first-order chi connectivity index (χ1) is 6.18. The topological polar surface area (TPSA) is 84.7 Å². The lowest BCUT2D eigenvalue weighted by Gasteiger charge is -2.03. The molecule has 0 radical (unpaired) electrons. The van der Waals surface area contributed by atoms with Crippen LogP contribution in [0.3, 0.4) is 0 Å². The largest absolute Gasteiger partial charge is 0.363 e. The molecule has 0 spiro atoms. The molecule has 2 aliphatic heterocycles. The number of fused-ring (bicyclic) bond motifs is 1. The number of aromatic amines is 1. The van der Waals surface area contributed by atoms with Gasteiger partial charge < -0.3 is 10.7 Å². The molecule has 0 saturated carbocycles. The lowest BCUT2D eigenvalue weighted by Crippen LogP contribution is -2.16. The van der Waals surface area contributed by atoms with E-state index in [9.17, 15) is 4.79 Å². The molecule has 0 aromatic heterocycles. The number of nitrogens with one attached hydrogen (secondary N) is 1. The van der Waals surface area contributed by atoms with E-state index in [1.807, 2.05) is 0 Å². The van der Waals surface area contributed by atoms with Crippen LogP contribution in [0, 0.1) is 6.92 Å². The summed E-state index contributed by atoms with van der Waals surface area (Å²) in [5.74, 6) is -0.399. The van der Waals surface area contributed by atoms with Crippen LogP contribution in [0.1, 0.15) is 16.3 Å². The van der Waals surface area contributed by atoms with E-state index in [-0.39, 0.29) is 5.82 Å². The minimum Gasteiger partial charge on any atom is -0.363 e. The van der Waals surface area contributed by atoms with Crippen molar-refractivity contribution in [3.8, 4) is 11.4 Å². The summed E-state index contributed by atoms with van der Waals surface area (Å²) in [7, 11) is 0. The SMILES string of the molecule is Cc1nc(C(N)=O)[nH]c2ccnc1-2. The molecule has 3 N–H and O–H groups in total. The predicted molar refractivity (Wildman–Crippen MR) is 46.3 cm³/mol. The molecule has 0 saturated heterocycles. The second kappa shape index (κ2) is 2.55. The highest BCUT2D eigenvalue weighted by molar-refractivity contribution is 5.89. The van der Waals surface area contributed by atoms with Crippen LogP contribution >= 0.6 is 0 Å². The number of nitrogens with zero attached hydrogens (tertiary/aromatic N) is 2. The summed E-state index contributed by atoms with van der Waals surface area (Å²) in [5.41, 5.74) is 7.34. The van der Waals surface area contributed by atoms with E-state index in [2.05, 4.69) is 15.0 Å². The minimum atomic E-state index is -0.564. The molecule has 0 atom stereocenters. The van der Waals surface area contributed by atoms with Crippen molar-refractivity contribution in [1.29, 1.82) is 0 Å². The molecule has 5 nitrogen and oxygen atoms in total. The van der Waals surface area contributed by atoms with E-state index < -0.39 is 5.91 Å². The van der Waals surface area contributed by atoms with Crippen molar-refractivity contribution in [2.75, 3.05) is 0 Å². The molecule has 1 amide bonds. The maximum Gasteiger partial charge on any atom is 0.284 e. The molecule has 0 bridgehead atoms. The number of carbonyl (C=O) groups excluding carboxylic acids is 1. The van der Waals surface area contributed by atoms with Gasteiger partial charge in [-0.3, -0.25) is 9.78 Å². The summed E-state index contributed by atoms with van der Waals surface area (Å²) in [4.78, 5) is 21.7. The Kier molecular flexibility index (Phi) is 1.51. The van der Waals surface area contributed by atoms with Gasteiger partial charge in [-0.1, -0.05) is 0 Å². The van der Waals surface area contributed by atoms with Crippen molar-refractivity contribution in [2.45, 2.75) is 6.92 Å². The second-order valence-electron chi connectivity index (χ2n) is 2.74. The highest BCUT2D eigenvalue weighted by Crippen LogP contribution is 2.19. The number of hydrogen-bond acceptors (Lipinski definition) is 3. The Balaban J connectivity index is 2.70. The molecule has 2 aliphatic rings. The molecule has 0 fully saturated rings. The molecule has 0 aromatic rings. The Labute approximate surface area is 74.3 Å². The van der Waals surface area contributed by atoms with Gasteiger partial charge in [-0.15, -0.1) is 0 Å². The van der Waals surface area contributed by atoms with Gasteiger partial charge in [-0.05, 0) is 13.0 Å². The van der Waals surface area contributed by atoms with Crippen molar-refractivity contribution in [3.05, 3.63) is 23.8 Å². The highest BCUT2D eigenvalue weighted by atomic mass is 16.1. The normalized spacial score (nSPS) is 10.5. The lowest BCUT2D eigenvalue weighted by atomic mass is 10.2. The zero-order valence-corrected chi connectivity index (χ0v) is 7.03. The lowest BCUT2D eigenvalue weighted by molar-refractivity contribution is 0.0990. The van der Waals surface area contributed by atoms with Gasteiger partial charge in [0.2, 0.25) is 0 Å². The monoisotopic (exact) mass is 176 g/mol. The van der Waals surface area contributed by atoms with E-state index in [4.69, 9.17) is 5.73 Å². The molecule has 66 valence electrons.